The third kappa shape index (κ3) is 3.17. The van der Waals surface area contributed by atoms with Gasteiger partial charge >= 0.3 is 0 Å². The average Bonchev–Trinajstić information content (AvgIpc) is 2.66. The van der Waals surface area contributed by atoms with E-state index in [2.05, 4.69) is 5.16 Å². The first kappa shape index (κ1) is 14.5. The standard InChI is InChI=1S/C15H20N2O3/c1-2-20-11-9-15(18)17-10-5-7-13(16-19)12-6-3-4-8-14(12)17/h3-4,6,8,19H,2,5,7,9-11H2,1H3/b16-13-. The maximum Gasteiger partial charge on any atom is 0.229 e. The molecule has 0 spiro atoms. The van der Waals surface area contributed by atoms with Crippen LogP contribution in [-0.2, 0) is 9.53 Å². The Morgan fingerprint density at radius 1 is 1.45 bits per heavy atom. The van der Waals surface area contributed by atoms with E-state index >= 15 is 0 Å². The molecule has 0 aliphatic carbocycles. The summed E-state index contributed by atoms with van der Waals surface area (Å²) in [6, 6.07) is 7.56. The lowest BCUT2D eigenvalue weighted by Crippen LogP contribution is -2.32. The van der Waals surface area contributed by atoms with Crippen molar-refractivity contribution < 1.29 is 14.7 Å². The van der Waals surface area contributed by atoms with Crippen LogP contribution in [0.25, 0.3) is 0 Å². The van der Waals surface area contributed by atoms with Crippen LogP contribution in [-0.4, -0.2) is 36.6 Å². The van der Waals surface area contributed by atoms with E-state index in [0.29, 0.717) is 38.3 Å². The van der Waals surface area contributed by atoms with E-state index in [4.69, 9.17) is 9.94 Å². The fraction of sp³-hybridized carbons (Fsp3) is 0.467. The molecule has 1 heterocycles. The highest BCUT2D eigenvalue weighted by atomic mass is 16.5. The second kappa shape index (κ2) is 7.05. The van der Waals surface area contributed by atoms with Crippen LogP contribution in [0.3, 0.4) is 0 Å². The molecule has 5 heteroatoms. The Labute approximate surface area is 118 Å². The van der Waals surface area contributed by atoms with Crippen molar-refractivity contribution in [1.82, 2.24) is 0 Å². The summed E-state index contributed by atoms with van der Waals surface area (Å²) in [6.07, 6.45) is 1.82. The molecule has 0 atom stereocenters. The summed E-state index contributed by atoms with van der Waals surface area (Å²) < 4.78 is 5.25. The number of fused-ring (bicyclic) bond motifs is 1. The first-order valence-electron chi connectivity index (χ1n) is 6.96. The molecule has 5 nitrogen and oxygen atoms in total. The Bertz CT molecular complexity index is 500. The molecule has 1 aliphatic heterocycles. The van der Waals surface area contributed by atoms with Crippen molar-refractivity contribution in [2.45, 2.75) is 26.2 Å². The number of amides is 1. The maximum atomic E-state index is 12.3. The predicted molar refractivity (Wildman–Crippen MR) is 77.5 cm³/mol. The van der Waals surface area contributed by atoms with Crippen molar-refractivity contribution in [3.05, 3.63) is 29.8 Å². The second-order valence-corrected chi connectivity index (χ2v) is 4.66. The van der Waals surface area contributed by atoms with Gasteiger partial charge in [0.2, 0.25) is 5.91 Å². The zero-order chi connectivity index (χ0) is 14.4. The second-order valence-electron chi connectivity index (χ2n) is 4.66. The Morgan fingerprint density at radius 2 is 2.25 bits per heavy atom. The molecule has 1 aromatic rings. The number of carbonyl (C=O) groups excluding carboxylic acids is 1. The normalized spacial score (nSPS) is 16.9. The molecule has 0 saturated heterocycles. The van der Waals surface area contributed by atoms with Crippen molar-refractivity contribution in [2.75, 3.05) is 24.7 Å². The minimum atomic E-state index is 0.0464. The smallest absolute Gasteiger partial charge is 0.229 e. The number of oxime groups is 1. The minimum Gasteiger partial charge on any atom is -0.411 e. The van der Waals surface area contributed by atoms with Crippen LogP contribution in [0, 0.1) is 0 Å². The van der Waals surface area contributed by atoms with Crippen LogP contribution >= 0.6 is 0 Å². The highest BCUT2D eigenvalue weighted by molar-refractivity contribution is 6.09. The molecule has 0 saturated carbocycles. The highest BCUT2D eigenvalue weighted by Gasteiger charge is 2.23. The van der Waals surface area contributed by atoms with Gasteiger partial charge in [0, 0.05) is 18.7 Å². The van der Waals surface area contributed by atoms with Crippen LogP contribution in [0.2, 0.25) is 0 Å². The lowest BCUT2D eigenvalue weighted by molar-refractivity contribution is -0.119. The fourth-order valence-electron chi connectivity index (χ4n) is 2.41. The number of ether oxygens (including phenoxy) is 1. The highest BCUT2D eigenvalue weighted by Crippen LogP contribution is 2.27. The molecule has 1 aliphatic rings. The van der Waals surface area contributed by atoms with Gasteiger partial charge in [-0.25, -0.2) is 0 Å². The van der Waals surface area contributed by atoms with Gasteiger partial charge in [-0.05, 0) is 25.8 Å². The number of nitrogens with zero attached hydrogens (tertiary/aromatic N) is 2. The Morgan fingerprint density at radius 3 is 3.00 bits per heavy atom. The summed E-state index contributed by atoms with van der Waals surface area (Å²) in [5, 5.41) is 12.5. The molecule has 20 heavy (non-hydrogen) atoms. The van der Waals surface area contributed by atoms with Gasteiger partial charge in [-0.15, -0.1) is 0 Å². The third-order valence-electron chi connectivity index (χ3n) is 3.39. The monoisotopic (exact) mass is 276 g/mol. The van der Waals surface area contributed by atoms with E-state index in [1.54, 1.807) is 4.90 Å². The summed E-state index contributed by atoms with van der Waals surface area (Å²) >= 11 is 0. The minimum absolute atomic E-state index is 0.0464. The van der Waals surface area contributed by atoms with E-state index in [9.17, 15) is 4.79 Å². The summed E-state index contributed by atoms with van der Waals surface area (Å²) in [7, 11) is 0. The average molecular weight is 276 g/mol. The molecular formula is C15H20N2O3. The number of rotatable bonds is 4. The van der Waals surface area contributed by atoms with E-state index < -0.39 is 0 Å². The largest absolute Gasteiger partial charge is 0.411 e. The van der Waals surface area contributed by atoms with E-state index in [1.165, 1.54) is 0 Å². The number of para-hydroxylation sites is 1. The quantitative estimate of drug-likeness (QED) is 0.522. The number of hydrogen-bond donors (Lipinski definition) is 1. The van der Waals surface area contributed by atoms with Gasteiger partial charge in [0.25, 0.3) is 0 Å². The van der Waals surface area contributed by atoms with E-state index in [0.717, 1.165) is 17.7 Å². The Kier molecular flexibility index (Phi) is 5.12. The number of hydrogen-bond acceptors (Lipinski definition) is 4. The predicted octanol–water partition coefficient (Wildman–Crippen LogP) is 2.42. The summed E-state index contributed by atoms with van der Waals surface area (Å²) in [5.41, 5.74) is 2.29. The van der Waals surface area contributed by atoms with Gasteiger partial charge < -0.3 is 14.8 Å². The van der Waals surface area contributed by atoms with Crippen LogP contribution < -0.4 is 4.90 Å². The summed E-state index contributed by atoms with van der Waals surface area (Å²) in [6.45, 7) is 3.61. The van der Waals surface area contributed by atoms with Crippen molar-refractivity contribution in [3.63, 3.8) is 0 Å². The molecular weight excluding hydrogens is 256 g/mol. The third-order valence-corrected chi connectivity index (χ3v) is 3.39. The van der Waals surface area contributed by atoms with Gasteiger partial charge in [-0.1, -0.05) is 23.4 Å². The van der Waals surface area contributed by atoms with Gasteiger partial charge in [-0.2, -0.15) is 0 Å². The summed E-state index contributed by atoms with van der Waals surface area (Å²) in [4.78, 5) is 14.1. The SMILES string of the molecule is CCOCCC(=O)N1CCC/C(=N/O)c2ccccc21. The number of carbonyl (C=O) groups is 1. The van der Waals surface area contributed by atoms with Crippen LogP contribution in [0.1, 0.15) is 31.7 Å². The lowest BCUT2D eigenvalue weighted by atomic mass is 10.1. The molecule has 0 fully saturated rings. The first-order chi connectivity index (χ1) is 9.77. The van der Waals surface area contributed by atoms with Crippen molar-refractivity contribution in [1.29, 1.82) is 0 Å². The molecule has 0 unspecified atom stereocenters. The molecule has 0 radical (unpaired) electrons. The molecule has 2 rings (SSSR count). The van der Waals surface area contributed by atoms with Crippen molar-refractivity contribution in [2.24, 2.45) is 5.16 Å². The van der Waals surface area contributed by atoms with Gasteiger partial charge in [0.1, 0.15) is 0 Å². The lowest BCUT2D eigenvalue weighted by Gasteiger charge is -2.22. The molecule has 0 aromatic heterocycles. The molecule has 1 aromatic carbocycles. The number of anilines is 1. The van der Waals surface area contributed by atoms with Gasteiger partial charge in [0.05, 0.1) is 24.4 Å². The van der Waals surface area contributed by atoms with Crippen LogP contribution in [0.4, 0.5) is 5.69 Å². The van der Waals surface area contributed by atoms with Gasteiger partial charge in [0.15, 0.2) is 0 Å². The topological polar surface area (TPSA) is 62.1 Å². The van der Waals surface area contributed by atoms with Gasteiger partial charge in [-0.3, -0.25) is 4.79 Å². The van der Waals surface area contributed by atoms with E-state index in [1.807, 2.05) is 31.2 Å². The van der Waals surface area contributed by atoms with E-state index in [-0.39, 0.29) is 5.91 Å². The molecule has 1 amide bonds. The maximum absolute atomic E-state index is 12.3. The molecule has 108 valence electrons. The summed E-state index contributed by atoms with van der Waals surface area (Å²) in [5.74, 6) is 0.0464. The Balaban J connectivity index is 2.23. The van der Waals surface area contributed by atoms with Crippen LogP contribution in [0.5, 0.6) is 0 Å². The molecule has 0 bridgehead atoms. The van der Waals surface area contributed by atoms with Crippen molar-refractivity contribution >= 4 is 17.3 Å². The fourth-order valence-corrected chi connectivity index (χ4v) is 2.41. The van der Waals surface area contributed by atoms with Crippen LogP contribution in [0.15, 0.2) is 29.4 Å². The first-order valence-corrected chi connectivity index (χ1v) is 6.96. The molecule has 1 N–H and O–H groups in total. The number of benzene rings is 1. The zero-order valence-electron chi connectivity index (χ0n) is 11.7. The Hall–Kier alpha value is -1.88. The van der Waals surface area contributed by atoms with Crippen molar-refractivity contribution in [3.8, 4) is 0 Å². The zero-order valence-corrected chi connectivity index (χ0v) is 11.7.